The minimum atomic E-state index is 0.871. The topological polar surface area (TPSA) is 3.24 Å². The summed E-state index contributed by atoms with van der Waals surface area (Å²) in [6, 6.07) is 10.8. The van der Waals surface area contributed by atoms with E-state index in [1.165, 1.54) is 24.8 Å². The molecule has 1 nitrogen and oxygen atoms in total. The van der Waals surface area contributed by atoms with Crippen molar-refractivity contribution >= 4 is 0 Å². The van der Waals surface area contributed by atoms with E-state index in [0.29, 0.717) is 0 Å². The van der Waals surface area contributed by atoms with Crippen molar-refractivity contribution in [2.24, 2.45) is 5.92 Å². The summed E-state index contributed by atoms with van der Waals surface area (Å²) in [7, 11) is 3.97. The van der Waals surface area contributed by atoms with Gasteiger partial charge in [-0.3, -0.25) is 0 Å². The smallest absolute Gasteiger partial charge is 0.0109 e. The molecule has 0 saturated carbocycles. The summed E-state index contributed by atoms with van der Waals surface area (Å²) in [5.41, 5.74) is 1.48. The molecular formula is C13H18N. The van der Waals surface area contributed by atoms with Crippen molar-refractivity contribution in [1.82, 2.24) is 4.90 Å². The maximum atomic E-state index is 3.97. The van der Waals surface area contributed by atoms with Crippen LogP contribution in [0.5, 0.6) is 0 Å². The zero-order valence-electron chi connectivity index (χ0n) is 8.65. The monoisotopic (exact) mass is 188 g/mol. The van der Waals surface area contributed by atoms with E-state index < -0.39 is 0 Å². The van der Waals surface area contributed by atoms with Crippen molar-refractivity contribution in [2.75, 3.05) is 13.1 Å². The molecule has 1 saturated heterocycles. The molecule has 2 rings (SSSR count). The van der Waals surface area contributed by atoms with Gasteiger partial charge in [0.25, 0.3) is 0 Å². The van der Waals surface area contributed by atoms with E-state index in [9.17, 15) is 0 Å². The highest BCUT2D eigenvalue weighted by molar-refractivity contribution is 5.15. The number of likely N-dealkylation sites (tertiary alicyclic amines) is 1. The Hall–Kier alpha value is -0.820. The zero-order valence-corrected chi connectivity index (χ0v) is 8.65. The fourth-order valence-corrected chi connectivity index (χ4v) is 2.14. The second-order valence-corrected chi connectivity index (χ2v) is 4.25. The maximum Gasteiger partial charge on any atom is 0.0109 e. The van der Waals surface area contributed by atoms with Crippen molar-refractivity contribution < 1.29 is 0 Å². The van der Waals surface area contributed by atoms with Crippen molar-refractivity contribution in [2.45, 2.75) is 19.3 Å². The van der Waals surface area contributed by atoms with Gasteiger partial charge < -0.3 is 4.90 Å². The molecule has 1 aromatic carbocycles. The van der Waals surface area contributed by atoms with Crippen LogP contribution in [0, 0.1) is 13.0 Å². The molecule has 1 radical (unpaired) electrons. The first-order valence-electron chi connectivity index (χ1n) is 5.44. The van der Waals surface area contributed by atoms with E-state index in [1.807, 2.05) is 0 Å². The molecule has 1 fully saturated rings. The highest BCUT2D eigenvalue weighted by Gasteiger charge is 2.16. The molecule has 0 atom stereocenters. The average Bonchev–Trinajstić information content (AvgIpc) is 2.23. The van der Waals surface area contributed by atoms with E-state index in [4.69, 9.17) is 0 Å². The van der Waals surface area contributed by atoms with Gasteiger partial charge >= 0.3 is 0 Å². The average molecular weight is 188 g/mol. The normalized spacial score (nSPS) is 19.8. The quantitative estimate of drug-likeness (QED) is 0.689. The van der Waals surface area contributed by atoms with Gasteiger partial charge in [-0.1, -0.05) is 30.3 Å². The molecule has 0 bridgehead atoms. The highest BCUT2D eigenvalue weighted by Crippen LogP contribution is 2.20. The van der Waals surface area contributed by atoms with E-state index in [1.54, 1.807) is 0 Å². The molecule has 0 spiro atoms. The third kappa shape index (κ3) is 2.58. The molecule has 0 aromatic heterocycles. The number of nitrogens with zero attached hydrogens (tertiary/aromatic N) is 1. The molecule has 0 aliphatic carbocycles. The summed E-state index contributed by atoms with van der Waals surface area (Å²) < 4.78 is 0. The Morgan fingerprint density at radius 3 is 2.43 bits per heavy atom. The summed E-state index contributed by atoms with van der Waals surface area (Å²) in [5, 5.41) is 0. The van der Waals surface area contributed by atoms with Crippen molar-refractivity contribution in [3.05, 3.63) is 42.9 Å². The van der Waals surface area contributed by atoms with Gasteiger partial charge in [0.1, 0.15) is 0 Å². The summed E-state index contributed by atoms with van der Waals surface area (Å²) in [6.07, 6.45) is 3.85. The van der Waals surface area contributed by atoms with E-state index >= 15 is 0 Å². The molecule has 14 heavy (non-hydrogen) atoms. The summed E-state index contributed by atoms with van der Waals surface area (Å²) >= 11 is 0. The summed E-state index contributed by atoms with van der Waals surface area (Å²) in [5.74, 6) is 0.871. The van der Waals surface area contributed by atoms with Gasteiger partial charge in [-0.2, -0.15) is 0 Å². The standard InChI is InChI=1S/C13H18N/c1-14-9-7-13(8-10-14)11-12-5-3-2-4-6-12/h2-6,13H,1,7-11H2. The van der Waals surface area contributed by atoms with Crippen molar-refractivity contribution in [3.8, 4) is 0 Å². The first-order chi connectivity index (χ1) is 6.84. The van der Waals surface area contributed by atoms with Gasteiger partial charge in [0.15, 0.2) is 0 Å². The van der Waals surface area contributed by atoms with Crippen LogP contribution in [0.4, 0.5) is 0 Å². The molecule has 1 aromatic rings. The lowest BCUT2D eigenvalue weighted by molar-refractivity contribution is 0.239. The van der Waals surface area contributed by atoms with Crippen LogP contribution >= 0.6 is 0 Å². The van der Waals surface area contributed by atoms with Crippen LogP contribution in [-0.2, 0) is 6.42 Å². The second kappa shape index (κ2) is 4.61. The molecular weight excluding hydrogens is 170 g/mol. The first kappa shape index (κ1) is 9.72. The summed E-state index contributed by atoms with van der Waals surface area (Å²) in [6.45, 7) is 2.33. The maximum absolute atomic E-state index is 3.97. The lowest BCUT2D eigenvalue weighted by Crippen LogP contribution is -2.29. The molecule has 0 amide bonds. The van der Waals surface area contributed by atoms with Crippen LogP contribution in [-0.4, -0.2) is 18.0 Å². The van der Waals surface area contributed by atoms with E-state index in [2.05, 4.69) is 42.3 Å². The lowest BCUT2D eigenvalue weighted by atomic mass is 9.90. The number of piperidine rings is 1. The van der Waals surface area contributed by atoms with Gasteiger partial charge in [-0.05, 0) is 43.8 Å². The predicted octanol–water partition coefficient (Wildman–Crippen LogP) is 2.73. The van der Waals surface area contributed by atoms with E-state index in [-0.39, 0.29) is 0 Å². The minimum absolute atomic E-state index is 0.871. The molecule has 1 aliphatic rings. The third-order valence-electron chi connectivity index (χ3n) is 3.07. The molecule has 1 heterocycles. The molecule has 1 heteroatoms. The lowest BCUT2D eigenvalue weighted by Gasteiger charge is -2.28. The Morgan fingerprint density at radius 1 is 1.14 bits per heavy atom. The number of rotatable bonds is 2. The largest absolute Gasteiger partial charge is 0.302 e. The first-order valence-corrected chi connectivity index (χ1v) is 5.44. The Kier molecular flexibility index (Phi) is 3.20. The molecule has 0 N–H and O–H groups in total. The third-order valence-corrected chi connectivity index (χ3v) is 3.07. The SMILES string of the molecule is [CH2]N1CCC(Cc2ccccc2)CC1. The Bertz CT molecular complexity index is 260. The van der Waals surface area contributed by atoms with Gasteiger partial charge in [-0.25, -0.2) is 0 Å². The van der Waals surface area contributed by atoms with E-state index in [0.717, 1.165) is 19.0 Å². The van der Waals surface area contributed by atoms with Crippen molar-refractivity contribution in [3.63, 3.8) is 0 Å². The second-order valence-electron chi connectivity index (χ2n) is 4.25. The van der Waals surface area contributed by atoms with Crippen LogP contribution in [0.2, 0.25) is 0 Å². The summed E-state index contributed by atoms with van der Waals surface area (Å²) in [4.78, 5) is 2.18. The van der Waals surface area contributed by atoms with Crippen LogP contribution in [0.1, 0.15) is 18.4 Å². The van der Waals surface area contributed by atoms with Crippen LogP contribution < -0.4 is 0 Å². The van der Waals surface area contributed by atoms with Gasteiger partial charge in [0.05, 0.1) is 0 Å². The predicted molar refractivity (Wildman–Crippen MR) is 59.8 cm³/mol. The van der Waals surface area contributed by atoms with Gasteiger partial charge in [0, 0.05) is 7.05 Å². The number of benzene rings is 1. The van der Waals surface area contributed by atoms with Crippen LogP contribution in [0.3, 0.4) is 0 Å². The Morgan fingerprint density at radius 2 is 1.79 bits per heavy atom. The zero-order chi connectivity index (χ0) is 9.80. The molecule has 0 unspecified atom stereocenters. The Labute approximate surface area is 86.7 Å². The number of hydrogen-bond acceptors (Lipinski definition) is 1. The molecule has 75 valence electrons. The van der Waals surface area contributed by atoms with Crippen molar-refractivity contribution in [1.29, 1.82) is 0 Å². The fraction of sp³-hybridized carbons (Fsp3) is 0.462. The van der Waals surface area contributed by atoms with Gasteiger partial charge in [0.2, 0.25) is 0 Å². The van der Waals surface area contributed by atoms with Crippen LogP contribution in [0.15, 0.2) is 30.3 Å². The highest BCUT2D eigenvalue weighted by atomic mass is 15.1. The fourth-order valence-electron chi connectivity index (χ4n) is 2.14. The Balaban J connectivity index is 1.87. The van der Waals surface area contributed by atoms with Gasteiger partial charge in [-0.15, -0.1) is 0 Å². The van der Waals surface area contributed by atoms with Crippen LogP contribution in [0.25, 0.3) is 0 Å². The minimum Gasteiger partial charge on any atom is -0.302 e. The number of hydrogen-bond donors (Lipinski definition) is 0. The molecule has 1 aliphatic heterocycles.